The van der Waals surface area contributed by atoms with Crippen molar-refractivity contribution in [3.05, 3.63) is 71.3 Å². The lowest BCUT2D eigenvalue weighted by atomic mass is 9.98. The molecule has 2 heterocycles. The number of ether oxygens (including phenoxy) is 2. The van der Waals surface area contributed by atoms with Gasteiger partial charge in [-0.2, -0.15) is 0 Å². The third kappa shape index (κ3) is 9.42. The normalized spacial score (nSPS) is 12.3. The molecule has 0 spiro atoms. The lowest BCUT2D eigenvalue weighted by Gasteiger charge is -2.16. The van der Waals surface area contributed by atoms with Crippen molar-refractivity contribution in [3.8, 4) is 22.5 Å². The molecule has 48 heavy (non-hydrogen) atoms. The third-order valence-corrected chi connectivity index (χ3v) is 7.31. The Morgan fingerprint density at radius 1 is 1.00 bits per heavy atom. The van der Waals surface area contributed by atoms with Crippen LogP contribution in [-0.4, -0.2) is 81.1 Å². The van der Waals surface area contributed by atoms with Crippen LogP contribution >= 0.6 is 0 Å². The van der Waals surface area contributed by atoms with E-state index in [1.54, 1.807) is 11.5 Å². The van der Waals surface area contributed by atoms with Gasteiger partial charge in [0.2, 0.25) is 12.1 Å². The number of aromatic nitrogens is 6. The Labute approximate surface area is 277 Å². The summed E-state index contributed by atoms with van der Waals surface area (Å²) in [6.07, 6.45) is 1.24. The Hall–Kier alpha value is -4.74. The zero-order valence-electron chi connectivity index (χ0n) is 27.3. The van der Waals surface area contributed by atoms with Crippen LogP contribution in [0.3, 0.4) is 0 Å². The summed E-state index contributed by atoms with van der Waals surface area (Å²) in [5.41, 5.74) is 1.95. The Kier molecular flexibility index (Phi) is 12.3. The zero-order chi connectivity index (χ0) is 34.8. The third-order valence-electron chi connectivity index (χ3n) is 7.31. The van der Waals surface area contributed by atoms with Gasteiger partial charge in [-0.1, -0.05) is 55.5 Å². The number of unbranched alkanes of at least 4 members (excludes halogenated alkanes) is 2. The van der Waals surface area contributed by atoms with Crippen LogP contribution in [0.2, 0.25) is 0 Å². The highest BCUT2D eigenvalue weighted by atomic mass is 17.1. The number of hydrogen-bond acceptors (Lipinski definition) is 13. The number of aliphatic hydroxyl groups is 1. The molecule has 0 saturated carbocycles. The van der Waals surface area contributed by atoms with Crippen molar-refractivity contribution in [2.75, 3.05) is 13.2 Å². The minimum Gasteiger partial charge on any atom is -0.477 e. The molecule has 0 radical (unpaired) electrons. The van der Waals surface area contributed by atoms with Gasteiger partial charge in [0.1, 0.15) is 17.1 Å². The first-order chi connectivity index (χ1) is 22.9. The molecule has 4 N–H and O–H groups in total. The van der Waals surface area contributed by atoms with E-state index in [4.69, 9.17) is 19.9 Å². The molecule has 0 fully saturated rings. The second-order valence-electron chi connectivity index (χ2n) is 11.6. The summed E-state index contributed by atoms with van der Waals surface area (Å²) in [5.74, 6) is -0.231. The summed E-state index contributed by atoms with van der Waals surface area (Å²) < 4.78 is 12.0. The molecular formula is C32H41N7O9. The van der Waals surface area contributed by atoms with E-state index in [9.17, 15) is 19.8 Å². The number of tetrazole rings is 1. The summed E-state index contributed by atoms with van der Waals surface area (Å²) in [5, 5.41) is 49.9. The quantitative estimate of drug-likeness (QED) is 0.0665. The van der Waals surface area contributed by atoms with Gasteiger partial charge in [-0.3, -0.25) is 15.3 Å². The fourth-order valence-electron chi connectivity index (χ4n) is 5.02. The van der Waals surface area contributed by atoms with Gasteiger partial charge in [0.15, 0.2) is 5.69 Å². The molecule has 0 aliphatic carbocycles. The molecule has 1 unspecified atom stereocenters. The summed E-state index contributed by atoms with van der Waals surface area (Å²) in [7, 11) is 0. The fraction of sp³-hybridized carbons (Fsp3) is 0.438. The van der Waals surface area contributed by atoms with Crippen LogP contribution in [-0.2, 0) is 32.9 Å². The number of carboxylic acid groups (broad SMARTS) is 1. The second kappa shape index (κ2) is 16.4. The van der Waals surface area contributed by atoms with E-state index < -0.39 is 24.0 Å². The van der Waals surface area contributed by atoms with E-state index in [0.29, 0.717) is 42.9 Å². The van der Waals surface area contributed by atoms with Crippen LogP contribution in [0.5, 0.6) is 0 Å². The van der Waals surface area contributed by atoms with Crippen molar-refractivity contribution < 1.29 is 44.5 Å². The van der Waals surface area contributed by atoms with Gasteiger partial charge in [0, 0.05) is 18.5 Å². The fourth-order valence-corrected chi connectivity index (χ4v) is 5.02. The van der Waals surface area contributed by atoms with E-state index in [1.807, 2.05) is 55.5 Å². The van der Waals surface area contributed by atoms with Crippen LogP contribution in [0.1, 0.15) is 87.2 Å². The molecule has 4 rings (SSSR count). The molecule has 1 atom stereocenters. The van der Waals surface area contributed by atoms with E-state index >= 15 is 0 Å². The van der Waals surface area contributed by atoms with Gasteiger partial charge in [0.05, 0.1) is 18.6 Å². The number of benzene rings is 2. The minimum atomic E-state index is -1.41. The van der Waals surface area contributed by atoms with E-state index in [-0.39, 0.29) is 36.5 Å². The SMILES string of the molecule is CCCc1nc(C(C)(C)O)c(C(=O)O)n1Cc1ccc(-c2ccccc2-c2nnn(C(C)OC(=O)OCCCCCON(O)O)n2)cc1. The Morgan fingerprint density at radius 3 is 2.33 bits per heavy atom. The number of aromatic carboxylic acids is 1. The lowest BCUT2D eigenvalue weighted by Crippen LogP contribution is -2.22. The van der Waals surface area contributed by atoms with Gasteiger partial charge >= 0.3 is 12.1 Å². The molecule has 0 aliphatic heterocycles. The lowest BCUT2D eigenvalue weighted by molar-refractivity contribution is -0.492. The smallest absolute Gasteiger partial charge is 0.477 e. The molecular weight excluding hydrogens is 626 g/mol. The maximum atomic E-state index is 12.3. The largest absolute Gasteiger partial charge is 0.510 e. The number of aryl methyl sites for hydroxylation is 1. The van der Waals surface area contributed by atoms with Crippen molar-refractivity contribution in [1.82, 2.24) is 35.1 Å². The van der Waals surface area contributed by atoms with Crippen molar-refractivity contribution in [2.24, 2.45) is 0 Å². The summed E-state index contributed by atoms with van der Waals surface area (Å²) in [6, 6.07) is 15.2. The van der Waals surface area contributed by atoms with Gasteiger partial charge in [-0.25, -0.2) is 14.6 Å². The average molecular weight is 668 g/mol. The molecule has 0 aliphatic rings. The van der Waals surface area contributed by atoms with Crippen LogP contribution in [0.25, 0.3) is 22.5 Å². The number of carbonyl (C=O) groups excluding carboxylic acids is 1. The van der Waals surface area contributed by atoms with Crippen molar-refractivity contribution in [2.45, 2.75) is 78.2 Å². The van der Waals surface area contributed by atoms with Crippen molar-refractivity contribution in [3.63, 3.8) is 0 Å². The first-order valence-corrected chi connectivity index (χ1v) is 15.6. The topological polar surface area (TPSA) is 207 Å². The highest BCUT2D eigenvalue weighted by Crippen LogP contribution is 2.31. The average Bonchev–Trinajstić information content (AvgIpc) is 3.67. The molecule has 258 valence electrons. The monoisotopic (exact) mass is 667 g/mol. The maximum Gasteiger partial charge on any atom is 0.510 e. The van der Waals surface area contributed by atoms with E-state index in [1.165, 1.54) is 18.6 Å². The first-order valence-electron chi connectivity index (χ1n) is 15.6. The Bertz CT molecular complexity index is 1660. The Balaban J connectivity index is 1.44. The van der Waals surface area contributed by atoms with Crippen LogP contribution in [0.4, 0.5) is 4.79 Å². The number of carbonyl (C=O) groups is 2. The molecule has 0 amide bonds. The van der Waals surface area contributed by atoms with Crippen molar-refractivity contribution in [1.29, 1.82) is 0 Å². The minimum absolute atomic E-state index is 0.0253. The summed E-state index contributed by atoms with van der Waals surface area (Å²) in [6.45, 7) is 7.11. The first kappa shape index (κ1) is 36.1. The predicted molar refractivity (Wildman–Crippen MR) is 169 cm³/mol. The van der Waals surface area contributed by atoms with Crippen LogP contribution in [0, 0.1) is 0 Å². The van der Waals surface area contributed by atoms with Gasteiger partial charge in [-0.15, -0.1) is 15.0 Å². The Morgan fingerprint density at radius 2 is 1.69 bits per heavy atom. The molecule has 2 aromatic heterocycles. The molecule has 2 aromatic carbocycles. The number of carboxylic acids is 1. The predicted octanol–water partition coefficient (Wildman–Crippen LogP) is 4.98. The highest BCUT2D eigenvalue weighted by Gasteiger charge is 2.31. The van der Waals surface area contributed by atoms with Crippen molar-refractivity contribution >= 4 is 12.1 Å². The molecule has 16 nitrogen and oxygen atoms in total. The molecule has 4 aromatic rings. The van der Waals surface area contributed by atoms with Gasteiger partial charge in [-0.05, 0) is 68.4 Å². The number of imidazole rings is 1. The zero-order valence-corrected chi connectivity index (χ0v) is 27.3. The number of hydrogen-bond donors (Lipinski definition) is 4. The highest BCUT2D eigenvalue weighted by molar-refractivity contribution is 5.87. The van der Waals surface area contributed by atoms with Crippen LogP contribution < -0.4 is 0 Å². The van der Waals surface area contributed by atoms with E-state index in [2.05, 4.69) is 25.2 Å². The summed E-state index contributed by atoms with van der Waals surface area (Å²) in [4.78, 5) is 34.5. The van der Waals surface area contributed by atoms with Crippen LogP contribution in [0.15, 0.2) is 48.5 Å². The summed E-state index contributed by atoms with van der Waals surface area (Å²) >= 11 is 0. The number of rotatable bonds is 17. The van der Waals surface area contributed by atoms with E-state index in [0.717, 1.165) is 23.1 Å². The molecule has 0 saturated heterocycles. The second-order valence-corrected chi connectivity index (χ2v) is 11.6. The maximum absolute atomic E-state index is 12.3. The standard InChI is InChI=1S/C32H41N7O9/c1-5-11-26-33-28(32(3,4)43)27(30(40)41)37(26)20-22-14-16-23(17-15-22)24-12-7-8-13-25(24)29-34-36-38(35-29)21(2)48-31(42)46-18-9-6-10-19-47-39(44)45/h7-8,12-17,21,43-45H,5-6,9-11,18-20H2,1-4H3,(H,40,41). The van der Waals surface area contributed by atoms with Gasteiger partial charge < -0.3 is 24.3 Å². The molecule has 0 bridgehead atoms. The number of nitrogens with zero attached hydrogens (tertiary/aromatic N) is 7. The molecule has 16 heteroatoms. The van der Waals surface area contributed by atoms with Gasteiger partial charge in [0.25, 0.3) is 0 Å².